The second-order valence-electron chi connectivity index (χ2n) is 4.54. The molecule has 6 heteroatoms. The molecular weight excluding hydrogens is 259 g/mol. The second kappa shape index (κ2) is 9.69. The summed E-state index contributed by atoms with van der Waals surface area (Å²) in [5, 5.41) is 0. The monoisotopic (exact) mass is 281 g/mol. The van der Waals surface area contributed by atoms with Gasteiger partial charge in [-0.25, -0.2) is 4.79 Å². The van der Waals surface area contributed by atoms with E-state index >= 15 is 0 Å². The van der Waals surface area contributed by atoms with E-state index in [1.165, 1.54) is 6.08 Å². The molecule has 3 nitrogen and oxygen atoms in total. The fourth-order valence-corrected chi connectivity index (χ4v) is 1.53. The molecule has 0 heterocycles. The first kappa shape index (κ1) is 17.8. The maximum atomic E-state index is 11.8. The molecule has 0 saturated heterocycles. The van der Waals surface area contributed by atoms with E-state index in [0.29, 0.717) is 18.7 Å². The van der Waals surface area contributed by atoms with E-state index in [9.17, 15) is 18.0 Å². The second-order valence-corrected chi connectivity index (χ2v) is 4.54. The minimum atomic E-state index is -4.04. The van der Waals surface area contributed by atoms with Crippen LogP contribution in [0.5, 0.6) is 0 Å². The summed E-state index contributed by atoms with van der Waals surface area (Å²) >= 11 is 0. The Kier molecular flexibility index (Phi) is 9.08. The molecule has 0 saturated carbocycles. The normalized spacial score (nSPS) is 12.5. The molecule has 0 aromatic heterocycles. The summed E-state index contributed by atoms with van der Waals surface area (Å²) in [6.45, 7) is 1.92. The van der Waals surface area contributed by atoms with Crippen LogP contribution in [0.15, 0.2) is 11.8 Å². The van der Waals surface area contributed by atoms with Crippen LogP contribution in [0.2, 0.25) is 0 Å². The van der Waals surface area contributed by atoms with Crippen molar-refractivity contribution >= 4 is 5.97 Å². The highest BCUT2D eigenvalue weighted by atomic mass is 19.4. The maximum Gasteiger partial charge on any atom is 0.389 e. The lowest BCUT2D eigenvalue weighted by molar-refractivity contribution is -0.138. The van der Waals surface area contributed by atoms with Crippen LogP contribution in [0.1, 0.15) is 51.9 Å². The molecule has 0 radical (unpaired) electrons. The van der Waals surface area contributed by atoms with Gasteiger partial charge in [0.05, 0.1) is 6.61 Å². The number of carbonyl (C=O) groups excluding carboxylic acids is 1. The highest BCUT2D eigenvalue weighted by Crippen LogP contribution is 2.23. The molecule has 0 amide bonds. The molecule has 0 bridgehead atoms. The molecule has 19 heavy (non-hydrogen) atoms. The van der Waals surface area contributed by atoms with Gasteiger partial charge < -0.3 is 10.5 Å². The van der Waals surface area contributed by atoms with Crippen LogP contribution in [0.3, 0.4) is 0 Å². The Morgan fingerprint density at radius 3 is 2.16 bits per heavy atom. The number of esters is 1. The molecule has 0 atom stereocenters. The van der Waals surface area contributed by atoms with Crippen LogP contribution in [-0.2, 0) is 9.53 Å². The first-order valence-corrected chi connectivity index (χ1v) is 6.48. The van der Waals surface area contributed by atoms with Crippen LogP contribution in [-0.4, -0.2) is 18.8 Å². The number of carbonyl (C=O) groups is 1. The summed E-state index contributed by atoms with van der Waals surface area (Å²) in [6.07, 6.45) is 0.489. The summed E-state index contributed by atoms with van der Waals surface area (Å²) in [7, 11) is 0. The number of halogens is 3. The Morgan fingerprint density at radius 2 is 1.63 bits per heavy atom. The van der Waals surface area contributed by atoms with E-state index in [1.807, 2.05) is 0 Å². The van der Waals surface area contributed by atoms with Crippen molar-refractivity contribution in [1.82, 2.24) is 0 Å². The van der Waals surface area contributed by atoms with Crippen molar-refractivity contribution < 1.29 is 22.7 Å². The van der Waals surface area contributed by atoms with Gasteiger partial charge in [-0.2, -0.15) is 13.2 Å². The fourth-order valence-electron chi connectivity index (χ4n) is 1.53. The van der Waals surface area contributed by atoms with Crippen molar-refractivity contribution in [3.63, 3.8) is 0 Å². The van der Waals surface area contributed by atoms with Gasteiger partial charge in [-0.1, -0.05) is 25.7 Å². The molecular formula is C13H22F3NO2. The third-order valence-electron chi connectivity index (χ3n) is 2.44. The Balaban J connectivity index is 3.28. The molecule has 0 aliphatic carbocycles. The van der Waals surface area contributed by atoms with Gasteiger partial charge >= 0.3 is 12.1 Å². The fraction of sp³-hybridized carbons (Fsp3) is 0.769. The van der Waals surface area contributed by atoms with Gasteiger partial charge in [-0.05, 0) is 19.8 Å². The molecule has 0 aliphatic rings. The lowest BCUT2D eigenvalue weighted by atomic mass is 10.1. The molecule has 0 rings (SSSR count). The van der Waals surface area contributed by atoms with E-state index in [0.717, 1.165) is 25.7 Å². The minimum Gasteiger partial charge on any atom is -0.462 e. The van der Waals surface area contributed by atoms with Gasteiger partial charge in [0.2, 0.25) is 0 Å². The van der Waals surface area contributed by atoms with E-state index in [-0.39, 0.29) is 6.42 Å². The predicted molar refractivity (Wildman–Crippen MR) is 67.3 cm³/mol. The highest BCUT2D eigenvalue weighted by molar-refractivity contribution is 5.82. The average molecular weight is 281 g/mol. The van der Waals surface area contributed by atoms with Crippen molar-refractivity contribution in [2.75, 3.05) is 6.61 Å². The lowest BCUT2D eigenvalue weighted by Crippen LogP contribution is -2.06. The molecule has 0 aromatic rings. The number of nitrogens with two attached hydrogens (primary N) is 1. The van der Waals surface area contributed by atoms with E-state index < -0.39 is 18.6 Å². The van der Waals surface area contributed by atoms with Crippen LogP contribution < -0.4 is 5.73 Å². The van der Waals surface area contributed by atoms with E-state index in [2.05, 4.69) is 0 Å². The van der Waals surface area contributed by atoms with Crippen molar-refractivity contribution in [2.45, 2.75) is 58.0 Å². The zero-order valence-electron chi connectivity index (χ0n) is 11.3. The quantitative estimate of drug-likeness (QED) is 0.398. The molecule has 0 unspecified atom stereocenters. The van der Waals surface area contributed by atoms with Gasteiger partial charge in [0, 0.05) is 18.2 Å². The van der Waals surface area contributed by atoms with Gasteiger partial charge in [0.1, 0.15) is 0 Å². The molecule has 0 spiro atoms. The van der Waals surface area contributed by atoms with Crippen molar-refractivity contribution in [2.24, 2.45) is 5.73 Å². The number of rotatable bonds is 9. The number of allylic oxidation sites excluding steroid dienone is 1. The smallest absolute Gasteiger partial charge is 0.389 e. The minimum absolute atomic E-state index is 0.194. The Morgan fingerprint density at radius 1 is 1.11 bits per heavy atom. The summed E-state index contributed by atoms with van der Waals surface area (Å²) in [6, 6.07) is 0. The third kappa shape index (κ3) is 14.7. The zero-order chi connectivity index (χ0) is 14.7. The largest absolute Gasteiger partial charge is 0.462 e. The van der Waals surface area contributed by atoms with E-state index in [4.69, 9.17) is 10.5 Å². The summed E-state index contributed by atoms with van der Waals surface area (Å²) in [5.41, 5.74) is 5.70. The van der Waals surface area contributed by atoms with Crippen LogP contribution in [0.25, 0.3) is 0 Å². The summed E-state index contributed by atoms with van der Waals surface area (Å²) < 4.78 is 40.4. The van der Waals surface area contributed by atoms with Crippen molar-refractivity contribution in [3.05, 3.63) is 11.8 Å². The number of ether oxygens (including phenoxy) is 1. The van der Waals surface area contributed by atoms with Gasteiger partial charge in [-0.15, -0.1) is 0 Å². The first-order chi connectivity index (χ1) is 8.81. The van der Waals surface area contributed by atoms with Gasteiger partial charge in [0.25, 0.3) is 0 Å². The standard InChI is InChI=1S/C13H22F3NO2/c1-11(17)10-12(18)19-9-7-5-3-2-4-6-8-13(14,15)16/h10H,2-9,17H2,1H3/b11-10-. The first-order valence-electron chi connectivity index (χ1n) is 6.48. The van der Waals surface area contributed by atoms with Crippen LogP contribution in [0.4, 0.5) is 13.2 Å². The SMILES string of the molecule is C/C(N)=C/C(=O)OCCCCCCCCC(F)(F)F. The topological polar surface area (TPSA) is 52.3 Å². The molecule has 2 N–H and O–H groups in total. The number of hydrogen-bond acceptors (Lipinski definition) is 3. The molecule has 0 aliphatic heterocycles. The Bertz CT molecular complexity index is 284. The van der Waals surface area contributed by atoms with Crippen molar-refractivity contribution in [3.8, 4) is 0 Å². The number of unbranched alkanes of at least 4 members (excludes halogenated alkanes) is 5. The maximum absolute atomic E-state index is 11.8. The molecule has 0 fully saturated rings. The third-order valence-corrected chi connectivity index (χ3v) is 2.44. The van der Waals surface area contributed by atoms with Gasteiger partial charge in [0.15, 0.2) is 0 Å². The summed E-state index contributed by atoms with van der Waals surface area (Å²) in [5.74, 6) is -0.454. The number of hydrogen-bond donors (Lipinski definition) is 1. The molecule has 0 aromatic carbocycles. The van der Waals surface area contributed by atoms with Gasteiger partial charge in [-0.3, -0.25) is 0 Å². The lowest BCUT2D eigenvalue weighted by Gasteiger charge is -2.05. The number of alkyl halides is 3. The summed E-state index contributed by atoms with van der Waals surface area (Å²) in [4.78, 5) is 11.0. The molecule has 112 valence electrons. The average Bonchev–Trinajstić information content (AvgIpc) is 2.24. The zero-order valence-corrected chi connectivity index (χ0v) is 11.3. The predicted octanol–water partition coefficient (Wildman–Crippen LogP) is 3.69. The van der Waals surface area contributed by atoms with Crippen molar-refractivity contribution in [1.29, 1.82) is 0 Å². The Labute approximate surface area is 112 Å². The highest BCUT2D eigenvalue weighted by Gasteiger charge is 2.25. The van der Waals surface area contributed by atoms with Crippen LogP contribution >= 0.6 is 0 Å². The van der Waals surface area contributed by atoms with Crippen LogP contribution in [0, 0.1) is 0 Å². The van der Waals surface area contributed by atoms with E-state index in [1.54, 1.807) is 6.92 Å². The Hall–Kier alpha value is -1.20.